The molecule has 90 valence electrons. The third-order valence-electron chi connectivity index (χ3n) is 4.32. The Bertz CT molecular complexity index is 159. The summed E-state index contributed by atoms with van der Waals surface area (Å²) >= 11 is 0. The first-order valence-corrected chi connectivity index (χ1v) is 7.15. The topological polar surface area (TPSA) is 0 Å². The van der Waals surface area contributed by atoms with Crippen molar-refractivity contribution in [1.82, 2.24) is 0 Å². The Labute approximate surface area is 96.8 Å². The third kappa shape index (κ3) is 4.17. The molecule has 0 aromatic rings. The van der Waals surface area contributed by atoms with Gasteiger partial charge < -0.3 is 0 Å². The van der Waals surface area contributed by atoms with E-state index in [1.807, 2.05) is 0 Å². The van der Waals surface area contributed by atoms with Crippen LogP contribution in [0.4, 0.5) is 0 Å². The molecule has 1 rings (SSSR count). The fourth-order valence-corrected chi connectivity index (χ4v) is 3.58. The second kappa shape index (κ2) is 6.55. The largest absolute Gasteiger partial charge is 0.0651 e. The minimum Gasteiger partial charge on any atom is -0.0651 e. The summed E-state index contributed by atoms with van der Waals surface area (Å²) in [6.45, 7) is 9.66. The smallest absolute Gasteiger partial charge is 0.0363 e. The molecule has 0 radical (unpaired) electrons. The Morgan fingerprint density at radius 2 is 1.73 bits per heavy atom. The fraction of sp³-hybridized carbons (Fsp3) is 1.00. The average molecular weight is 210 g/mol. The third-order valence-corrected chi connectivity index (χ3v) is 4.32. The van der Waals surface area contributed by atoms with Gasteiger partial charge in [0.2, 0.25) is 0 Å². The molecule has 0 nitrogen and oxygen atoms in total. The monoisotopic (exact) mass is 210 g/mol. The van der Waals surface area contributed by atoms with Gasteiger partial charge in [-0.3, -0.25) is 0 Å². The number of rotatable bonds is 3. The second-order valence-electron chi connectivity index (χ2n) is 6.08. The average Bonchev–Trinajstić information content (AvgIpc) is 2.14. The van der Waals surface area contributed by atoms with Crippen LogP contribution in [0, 0.1) is 23.7 Å². The maximum atomic E-state index is 2.49. The van der Waals surface area contributed by atoms with E-state index in [0.717, 1.165) is 23.7 Å². The van der Waals surface area contributed by atoms with E-state index in [1.165, 1.54) is 44.9 Å². The number of hydrogen-bond donors (Lipinski definition) is 0. The van der Waals surface area contributed by atoms with Crippen molar-refractivity contribution in [2.24, 2.45) is 23.7 Å². The predicted molar refractivity (Wildman–Crippen MR) is 69.0 cm³/mol. The van der Waals surface area contributed by atoms with Crippen molar-refractivity contribution in [2.45, 2.75) is 72.6 Å². The quantitative estimate of drug-likeness (QED) is 0.595. The SMILES string of the molecule is CCC1C(C)CCCCCC1CC(C)C. The van der Waals surface area contributed by atoms with Crippen molar-refractivity contribution >= 4 is 0 Å². The Balaban J connectivity index is 2.59. The lowest BCUT2D eigenvalue weighted by molar-refractivity contribution is 0.164. The van der Waals surface area contributed by atoms with E-state index < -0.39 is 0 Å². The van der Waals surface area contributed by atoms with Gasteiger partial charge in [0.05, 0.1) is 0 Å². The van der Waals surface area contributed by atoms with E-state index in [1.54, 1.807) is 0 Å². The van der Waals surface area contributed by atoms with Gasteiger partial charge in [-0.25, -0.2) is 0 Å². The molecule has 0 bridgehead atoms. The summed E-state index contributed by atoms with van der Waals surface area (Å²) in [5, 5.41) is 0. The Morgan fingerprint density at radius 1 is 1.07 bits per heavy atom. The highest BCUT2D eigenvalue weighted by atomic mass is 14.3. The molecular formula is C15H30. The second-order valence-corrected chi connectivity index (χ2v) is 6.08. The van der Waals surface area contributed by atoms with Crippen molar-refractivity contribution in [3.05, 3.63) is 0 Å². The summed E-state index contributed by atoms with van der Waals surface area (Å²) < 4.78 is 0. The molecule has 1 saturated carbocycles. The van der Waals surface area contributed by atoms with Gasteiger partial charge in [0.15, 0.2) is 0 Å². The molecule has 1 fully saturated rings. The standard InChI is InChI=1S/C15H30/c1-5-15-13(4)9-7-6-8-10-14(15)11-12(2)3/h12-15H,5-11H2,1-4H3. The molecule has 0 heteroatoms. The molecule has 0 N–H and O–H groups in total. The van der Waals surface area contributed by atoms with E-state index in [2.05, 4.69) is 27.7 Å². The molecule has 0 saturated heterocycles. The van der Waals surface area contributed by atoms with Crippen LogP contribution >= 0.6 is 0 Å². The molecule has 3 unspecified atom stereocenters. The summed E-state index contributed by atoms with van der Waals surface area (Å²) in [7, 11) is 0. The van der Waals surface area contributed by atoms with E-state index in [0.29, 0.717) is 0 Å². The zero-order valence-electron chi connectivity index (χ0n) is 11.3. The van der Waals surface area contributed by atoms with E-state index >= 15 is 0 Å². The number of hydrogen-bond acceptors (Lipinski definition) is 0. The van der Waals surface area contributed by atoms with Gasteiger partial charge in [-0.2, -0.15) is 0 Å². The summed E-state index contributed by atoms with van der Waals surface area (Å²) in [5.41, 5.74) is 0. The van der Waals surface area contributed by atoms with Crippen molar-refractivity contribution in [3.8, 4) is 0 Å². The Hall–Kier alpha value is 0. The molecule has 0 amide bonds. The molecule has 0 aliphatic heterocycles. The van der Waals surface area contributed by atoms with Crippen molar-refractivity contribution in [3.63, 3.8) is 0 Å². The molecule has 0 aromatic carbocycles. The molecule has 15 heavy (non-hydrogen) atoms. The van der Waals surface area contributed by atoms with E-state index in [9.17, 15) is 0 Å². The van der Waals surface area contributed by atoms with Crippen molar-refractivity contribution in [2.75, 3.05) is 0 Å². The predicted octanol–water partition coefficient (Wildman–Crippen LogP) is 5.28. The highest BCUT2D eigenvalue weighted by Gasteiger charge is 2.26. The van der Waals surface area contributed by atoms with Gasteiger partial charge in [0, 0.05) is 0 Å². The zero-order chi connectivity index (χ0) is 11.3. The van der Waals surface area contributed by atoms with Crippen LogP contribution in [0.25, 0.3) is 0 Å². The molecular weight excluding hydrogens is 180 g/mol. The summed E-state index contributed by atoms with van der Waals surface area (Å²) in [5.74, 6) is 3.88. The van der Waals surface area contributed by atoms with Crippen molar-refractivity contribution in [1.29, 1.82) is 0 Å². The van der Waals surface area contributed by atoms with Crippen LogP contribution in [-0.4, -0.2) is 0 Å². The van der Waals surface area contributed by atoms with E-state index in [-0.39, 0.29) is 0 Å². The fourth-order valence-electron chi connectivity index (χ4n) is 3.58. The summed E-state index contributed by atoms with van der Waals surface area (Å²) in [6, 6.07) is 0. The van der Waals surface area contributed by atoms with Gasteiger partial charge in [-0.15, -0.1) is 0 Å². The first kappa shape index (κ1) is 13.1. The highest BCUT2D eigenvalue weighted by Crippen LogP contribution is 2.37. The van der Waals surface area contributed by atoms with Gasteiger partial charge >= 0.3 is 0 Å². The van der Waals surface area contributed by atoms with E-state index in [4.69, 9.17) is 0 Å². The Morgan fingerprint density at radius 3 is 2.33 bits per heavy atom. The zero-order valence-corrected chi connectivity index (χ0v) is 11.3. The molecule has 3 atom stereocenters. The van der Waals surface area contributed by atoms with Gasteiger partial charge in [0.1, 0.15) is 0 Å². The summed E-state index contributed by atoms with van der Waals surface area (Å²) in [4.78, 5) is 0. The first-order valence-electron chi connectivity index (χ1n) is 7.15. The van der Waals surface area contributed by atoms with Gasteiger partial charge in [0.25, 0.3) is 0 Å². The van der Waals surface area contributed by atoms with Gasteiger partial charge in [-0.1, -0.05) is 66.2 Å². The van der Waals surface area contributed by atoms with Gasteiger partial charge in [-0.05, 0) is 30.1 Å². The normalized spacial score (nSPS) is 33.8. The maximum Gasteiger partial charge on any atom is -0.0363 e. The highest BCUT2D eigenvalue weighted by molar-refractivity contribution is 4.77. The lowest BCUT2D eigenvalue weighted by Gasteiger charge is -2.34. The van der Waals surface area contributed by atoms with Crippen molar-refractivity contribution < 1.29 is 0 Å². The molecule has 0 aromatic heterocycles. The van der Waals surface area contributed by atoms with Crippen LogP contribution in [0.2, 0.25) is 0 Å². The maximum absolute atomic E-state index is 2.49. The van der Waals surface area contributed by atoms with Crippen LogP contribution in [-0.2, 0) is 0 Å². The minimum absolute atomic E-state index is 0.885. The van der Waals surface area contributed by atoms with Crippen LogP contribution < -0.4 is 0 Å². The lowest BCUT2D eigenvalue weighted by atomic mass is 9.71. The molecule has 1 aliphatic carbocycles. The molecule has 1 aliphatic rings. The van der Waals surface area contributed by atoms with Crippen LogP contribution in [0.5, 0.6) is 0 Å². The molecule has 0 heterocycles. The summed E-state index contributed by atoms with van der Waals surface area (Å²) in [6.07, 6.45) is 10.3. The first-order chi connectivity index (χ1) is 7.15. The van der Waals surface area contributed by atoms with Crippen LogP contribution in [0.3, 0.4) is 0 Å². The van der Waals surface area contributed by atoms with Crippen LogP contribution in [0.15, 0.2) is 0 Å². The minimum atomic E-state index is 0.885. The molecule has 0 spiro atoms. The van der Waals surface area contributed by atoms with Crippen LogP contribution in [0.1, 0.15) is 72.6 Å². The lowest BCUT2D eigenvalue weighted by Crippen LogP contribution is -2.24. The Kier molecular flexibility index (Phi) is 5.71.